The van der Waals surface area contributed by atoms with Crippen LogP contribution in [0.15, 0.2) is 0 Å². The van der Waals surface area contributed by atoms with Gasteiger partial charge in [0.25, 0.3) is 0 Å². The third-order valence-corrected chi connectivity index (χ3v) is 2.79. The number of carboxylic acids is 1. The zero-order valence-electron chi connectivity index (χ0n) is 8.86. The summed E-state index contributed by atoms with van der Waals surface area (Å²) in [7, 11) is 0. The predicted molar refractivity (Wildman–Crippen MR) is 53.1 cm³/mol. The Morgan fingerprint density at radius 3 is 2.80 bits per heavy atom. The number of aryl methyl sites for hydroxylation is 1. The summed E-state index contributed by atoms with van der Waals surface area (Å²) in [5, 5.41) is 13.3. The van der Waals surface area contributed by atoms with Crippen molar-refractivity contribution < 1.29 is 14.6 Å². The summed E-state index contributed by atoms with van der Waals surface area (Å²) in [4.78, 5) is 11.0. The highest BCUT2D eigenvalue weighted by Crippen LogP contribution is 2.23. The van der Waals surface area contributed by atoms with Crippen LogP contribution in [0.2, 0.25) is 0 Å². The van der Waals surface area contributed by atoms with Gasteiger partial charge in [0.05, 0.1) is 24.0 Å². The predicted octanol–water partition coefficient (Wildman–Crippen LogP) is 1.16. The largest absolute Gasteiger partial charge is 0.478 e. The quantitative estimate of drug-likeness (QED) is 0.795. The van der Waals surface area contributed by atoms with Crippen molar-refractivity contribution in [1.29, 1.82) is 0 Å². The van der Waals surface area contributed by atoms with E-state index in [0.29, 0.717) is 17.9 Å². The molecule has 0 spiro atoms. The Balaban J connectivity index is 2.40. The van der Waals surface area contributed by atoms with Crippen molar-refractivity contribution in [3.05, 3.63) is 17.0 Å². The maximum absolute atomic E-state index is 11.0. The van der Waals surface area contributed by atoms with Crippen LogP contribution in [0, 0.1) is 13.8 Å². The number of hydrogen-bond donors (Lipinski definition) is 1. The van der Waals surface area contributed by atoms with Crippen LogP contribution in [0.1, 0.15) is 34.2 Å². The summed E-state index contributed by atoms with van der Waals surface area (Å²) in [6.07, 6.45) is 0.904. The summed E-state index contributed by atoms with van der Waals surface area (Å²) in [6.45, 7) is 4.87. The second-order valence-corrected chi connectivity index (χ2v) is 3.81. The average Bonchev–Trinajstić information content (AvgIpc) is 2.72. The van der Waals surface area contributed by atoms with E-state index in [0.717, 1.165) is 18.7 Å². The molecule has 1 aliphatic rings. The maximum atomic E-state index is 11.0. The van der Waals surface area contributed by atoms with Gasteiger partial charge in [0.1, 0.15) is 5.56 Å². The van der Waals surface area contributed by atoms with Gasteiger partial charge in [-0.2, -0.15) is 5.10 Å². The molecule has 0 unspecified atom stereocenters. The van der Waals surface area contributed by atoms with Gasteiger partial charge in [0, 0.05) is 6.61 Å². The maximum Gasteiger partial charge on any atom is 0.339 e. The van der Waals surface area contributed by atoms with Gasteiger partial charge in [-0.25, -0.2) is 4.79 Å². The van der Waals surface area contributed by atoms with Gasteiger partial charge in [-0.3, -0.25) is 4.68 Å². The van der Waals surface area contributed by atoms with Gasteiger partial charge in [-0.05, 0) is 20.3 Å². The van der Waals surface area contributed by atoms with E-state index >= 15 is 0 Å². The van der Waals surface area contributed by atoms with Gasteiger partial charge in [0.15, 0.2) is 0 Å². The average molecular weight is 210 g/mol. The normalized spacial score (nSPS) is 20.8. The van der Waals surface area contributed by atoms with E-state index < -0.39 is 5.97 Å². The molecule has 0 radical (unpaired) electrons. The highest BCUT2D eigenvalue weighted by molar-refractivity contribution is 5.90. The van der Waals surface area contributed by atoms with Crippen LogP contribution in [0.4, 0.5) is 0 Å². The molecule has 5 nitrogen and oxygen atoms in total. The van der Waals surface area contributed by atoms with Crippen LogP contribution in [-0.4, -0.2) is 34.1 Å². The molecule has 5 heteroatoms. The van der Waals surface area contributed by atoms with Crippen molar-refractivity contribution in [1.82, 2.24) is 9.78 Å². The van der Waals surface area contributed by atoms with E-state index in [-0.39, 0.29) is 6.04 Å². The number of hydrogen-bond acceptors (Lipinski definition) is 3. The lowest BCUT2D eigenvalue weighted by Gasteiger charge is -2.10. The molecule has 1 saturated heterocycles. The smallest absolute Gasteiger partial charge is 0.339 e. The first-order chi connectivity index (χ1) is 7.11. The third-order valence-electron chi connectivity index (χ3n) is 2.79. The second-order valence-electron chi connectivity index (χ2n) is 3.81. The number of carboxylic acid groups (broad SMARTS) is 1. The molecule has 15 heavy (non-hydrogen) atoms. The SMILES string of the molecule is Cc1nn([C@@H]2CCOC2)c(C)c1C(=O)O. The molecule has 1 aliphatic heterocycles. The monoisotopic (exact) mass is 210 g/mol. The van der Waals surface area contributed by atoms with Crippen LogP contribution in [0.5, 0.6) is 0 Å². The first-order valence-electron chi connectivity index (χ1n) is 4.98. The van der Waals surface area contributed by atoms with Crippen molar-refractivity contribution in [3.8, 4) is 0 Å². The Kier molecular flexibility index (Phi) is 2.48. The molecular formula is C10H14N2O3. The highest BCUT2D eigenvalue weighted by Gasteiger charge is 2.24. The topological polar surface area (TPSA) is 64.4 Å². The highest BCUT2D eigenvalue weighted by atomic mass is 16.5. The summed E-state index contributed by atoms with van der Waals surface area (Å²) >= 11 is 0. The zero-order valence-corrected chi connectivity index (χ0v) is 8.86. The molecule has 1 N–H and O–H groups in total. The van der Waals surface area contributed by atoms with Gasteiger partial charge in [-0.1, -0.05) is 0 Å². The standard InChI is InChI=1S/C10H14N2O3/c1-6-9(10(13)14)7(2)12(11-6)8-3-4-15-5-8/h8H,3-5H2,1-2H3,(H,13,14)/t8-/m1/s1. The zero-order chi connectivity index (χ0) is 11.0. The molecule has 82 valence electrons. The molecule has 0 aromatic carbocycles. The minimum atomic E-state index is -0.907. The molecule has 2 heterocycles. The van der Waals surface area contributed by atoms with E-state index in [1.807, 2.05) is 0 Å². The summed E-state index contributed by atoms with van der Waals surface area (Å²) < 4.78 is 7.05. The fourth-order valence-corrected chi connectivity index (χ4v) is 2.04. The Morgan fingerprint density at radius 1 is 1.60 bits per heavy atom. The van der Waals surface area contributed by atoms with E-state index in [1.165, 1.54) is 0 Å². The van der Waals surface area contributed by atoms with Gasteiger partial charge in [0.2, 0.25) is 0 Å². The fraction of sp³-hybridized carbons (Fsp3) is 0.600. The van der Waals surface area contributed by atoms with Gasteiger partial charge in [-0.15, -0.1) is 0 Å². The van der Waals surface area contributed by atoms with Crippen molar-refractivity contribution in [3.63, 3.8) is 0 Å². The Morgan fingerprint density at radius 2 is 2.33 bits per heavy atom. The van der Waals surface area contributed by atoms with Crippen LogP contribution in [0.25, 0.3) is 0 Å². The number of rotatable bonds is 2. The van der Waals surface area contributed by atoms with E-state index in [2.05, 4.69) is 5.10 Å². The molecule has 0 bridgehead atoms. The lowest BCUT2D eigenvalue weighted by atomic mass is 10.2. The number of aromatic nitrogens is 2. The number of carbonyl (C=O) groups is 1. The molecule has 2 rings (SSSR count). The third kappa shape index (κ3) is 1.63. The molecule has 0 amide bonds. The molecule has 1 aromatic heterocycles. The minimum Gasteiger partial charge on any atom is -0.478 e. The van der Waals surface area contributed by atoms with Crippen LogP contribution >= 0.6 is 0 Å². The van der Waals surface area contributed by atoms with Crippen LogP contribution in [0.3, 0.4) is 0 Å². The lowest BCUT2D eigenvalue weighted by Crippen LogP contribution is -2.12. The Labute approximate surface area is 87.7 Å². The van der Waals surface area contributed by atoms with E-state index in [9.17, 15) is 4.79 Å². The Bertz CT molecular complexity index is 392. The molecular weight excluding hydrogens is 196 g/mol. The first kappa shape index (κ1) is 10.2. The number of aromatic carboxylic acids is 1. The minimum absolute atomic E-state index is 0.191. The van der Waals surface area contributed by atoms with Crippen molar-refractivity contribution in [2.24, 2.45) is 0 Å². The Hall–Kier alpha value is -1.36. The molecule has 1 fully saturated rings. The van der Waals surface area contributed by atoms with Crippen LogP contribution < -0.4 is 0 Å². The second kappa shape index (κ2) is 3.66. The lowest BCUT2D eigenvalue weighted by molar-refractivity contribution is 0.0695. The number of ether oxygens (including phenoxy) is 1. The molecule has 1 aromatic rings. The summed E-state index contributed by atoms with van der Waals surface area (Å²) in [5.41, 5.74) is 1.62. The van der Waals surface area contributed by atoms with Crippen molar-refractivity contribution in [2.45, 2.75) is 26.3 Å². The number of nitrogens with zero attached hydrogens (tertiary/aromatic N) is 2. The van der Waals surface area contributed by atoms with Crippen molar-refractivity contribution in [2.75, 3.05) is 13.2 Å². The fourth-order valence-electron chi connectivity index (χ4n) is 2.04. The van der Waals surface area contributed by atoms with Crippen molar-refractivity contribution >= 4 is 5.97 Å². The molecule has 1 atom stereocenters. The van der Waals surface area contributed by atoms with E-state index in [1.54, 1.807) is 18.5 Å². The summed E-state index contributed by atoms with van der Waals surface area (Å²) in [5.74, 6) is -0.907. The van der Waals surface area contributed by atoms with Crippen LogP contribution in [-0.2, 0) is 4.74 Å². The van der Waals surface area contributed by atoms with Gasteiger partial charge >= 0.3 is 5.97 Å². The summed E-state index contributed by atoms with van der Waals surface area (Å²) in [6, 6.07) is 0.191. The first-order valence-corrected chi connectivity index (χ1v) is 4.98. The van der Waals surface area contributed by atoms with Gasteiger partial charge < -0.3 is 9.84 Å². The van der Waals surface area contributed by atoms with E-state index in [4.69, 9.17) is 9.84 Å². The molecule has 0 saturated carbocycles. The molecule has 0 aliphatic carbocycles.